The number of aromatic hydroxyl groups is 1. The van der Waals surface area contributed by atoms with Crippen molar-refractivity contribution in [2.45, 2.75) is 13.5 Å². The first-order valence-corrected chi connectivity index (χ1v) is 8.46. The molecule has 0 aliphatic heterocycles. The summed E-state index contributed by atoms with van der Waals surface area (Å²) in [4.78, 5) is 17.2. The molecule has 0 aliphatic rings. The second-order valence-corrected chi connectivity index (χ2v) is 5.90. The van der Waals surface area contributed by atoms with Crippen LogP contribution in [-0.2, 0) is 4.74 Å². The molecule has 0 aliphatic carbocycles. The summed E-state index contributed by atoms with van der Waals surface area (Å²) in [5, 5.41) is 11.8. The van der Waals surface area contributed by atoms with Crippen molar-refractivity contribution in [3.8, 4) is 11.5 Å². The molecular formula is C17H14F2N2O4S. The smallest absolute Gasteiger partial charge is 0.387 e. The first kappa shape index (κ1) is 17.9. The van der Waals surface area contributed by atoms with Gasteiger partial charge in [0.1, 0.15) is 0 Å². The van der Waals surface area contributed by atoms with Gasteiger partial charge >= 0.3 is 12.6 Å². The van der Waals surface area contributed by atoms with Crippen LogP contribution in [0.5, 0.6) is 11.5 Å². The third kappa shape index (κ3) is 3.52. The summed E-state index contributed by atoms with van der Waals surface area (Å²) in [6.45, 7) is -1.13. The van der Waals surface area contributed by atoms with Crippen molar-refractivity contribution in [2.75, 3.05) is 6.61 Å². The average Bonchev–Trinajstić information content (AvgIpc) is 3.15. The number of benzene rings is 1. The van der Waals surface area contributed by atoms with Gasteiger partial charge in [-0.25, -0.2) is 9.78 Å². The lowest BCUT2D eigenvalue weighted by molar-refractivity contribution is -0.0512. The highest BCUT2D eigenvalue weighted by molar-refractivity contribution is 7.15. The Morgan fingerprint density at radius 2 is 2.23 bits per heavy atom. The van der Waals surface area contributed by atoms with Crippen LogP contribution < -0.4 is 4.74 Å². The summed E-state index contributed by atoms with van der Waals surface area (Å²) in [5.74, 6) is -1.29. The highest BCUT2D eigenvalue weighted by Gasteiger charge is 2.20. The Hall–Kier alpha value is -2.94. The zero-order chi connectivity index (χ0) is 18.7. The second-order valence-electron chi connectivity index (χ2n) is 5.03. The number of para-hydroxylation sites is 1. The van der Waals surface area contributed by atoms with Gasteiger partial charge < -0.3 is 14.6 Å². The lowest BCUT2D eigenvalue weighted by Gasteiger charge is -2.08. The molecule has 1 N–H and O–H groups in total. The molecule has 26 heavy (non-hydrogen) atoms. The van der Waals surface area contributed by atoms with Gasteiger partial charge in [0, 0.05) is 17.1 Å². The Labute approximate surface area is 150 Å². The number of carbonyl (C=O) groups is 1. The molecule has 9 heteroatoms. The molecule has 2 aromatic heterocycles. The molecule has 0 bridgehead atoms. The van der Waals surface area contributed by atoms with Crippen molar-refractivity contribution in [1.82, 2.24) is 9.38 Å². The molecule has 6 nitrogen and oxygen atoms in total. The molecule has 0 fully saturated rings. The molecule has 2 heterocycles. The molecule has 1 aromatic carbocycles. The predicted octanol–water partition coefficient (Wildman–Crippen LogP) is 4.05. The van der Waals surface area contributed by atoms with Gasteiger partial charge in [-0.1, -0.05) is 12.1 Å². The predicted molar refractivity (Wildman–Crippen MR) is 92.7 cm³/mol. The molecule has 0 spiro atoms. The molecule has 0 saturated heterocycles. The van der Waals surface area contributed by atoms with Crippen LogP contribution in [0.4, 0.5) is 8.78 Å². The molecule has 0 saturated carbocycles. The minimum atomic E-state index is -3.05. The van der Waals surface area contributed by atoms with Gasteiger partial charge in [0.25, 0.3) is 0 Å². The van der Waals surface area contributed by atoms with Crippen LogP contribution >= 0.6 is 11.3 Å². The van der Waals surface area contributed by atoms with E-state index in [-0.39, 0.29) is 23.6 Å². The van der Waals surface area contributed by atoms with Crippen LogP contribution in [-0.4, -0.2) is 33.7 Å². The topological polar surface area (TPSA) is 73.1 Å². The number of thiazole rings is 1. The number of alkyl halides is 2. The minimum Gasteiger partial charge on any atom is -0.504 e. The van der Waals surface area contributed by atoms with Gasteiger partial charge in [-0.15, -0.1) is 11.3 Å². The van der Waals surface area contributed by atoms with Crippen molar-refractivity contribution in [2.24, 2.45) is 0 Å². The van der Waals surface area contributed by atoms with Gasteiger partial charge in [0.05, 0.1) is 12.3 Å². The number of phenolic OH excluding ortho intramolecular Hbond substituents is 1. The van der Waals surface area contributed by atoms with Crippen molar-refractivity contribution in [1.29, 1.82) is 0 Å². The molecular weight excluding hydrogens is 366 g/mol. The van der Waals surface area contributed by atoms with Crippen molar-refractivity contribution in [3.63, 3.8) is 0 Å². The average molecular weight is 380 g/mol. The molecule has 3 rings (SSSR count). The van der Waals surface area contributed by atoms with E-state index in [0.717, 1.165) is 0 Å². The fraction of sp³-hybridized carbons (Fsp3) is 0.176. The number of imidazole rings is 1. The normalized spacial score (nSPS) is 11.5. The fourth-order valence-electron chi connectivity index (χ4n) is 2.35. The number of nitrogens with zero attached hydrogens (tertiary/aromatic N) is 2. The SMILES string of the molecule is CCOC(=O)c1c(/C=C/c2cccc(OC(F)F)c2O)nc2sccn12. The third-order valence-corrected chi connectivity index (χ3v) is 4.18. The number of esters is 1. The summed E-state index contributed by atoms with van der Waals surface area (Å²) in [5.41, 5.74) is 0.836. The zero-order valence-electron chi connectivity index (χ0n) is 13.6. The third-order valence-electron chi connectivity index (χ3n) is 3.42. The maximum atomic E-state index is 12.4. The Kier molecular flexibility index (Phi) is 5.17. The monoisotopic (exact) mass is 380 g/mol. The molecule has 136 valence electrons. The number of hydrogen-bond acceptors (Lipinski definition) is 6. The number of fused-ring (bicyclic) bond motifs is 1. The van der Waals surface area contributed by atoms with E-state index in [1.165, 1.54) is 41.7 Å². The van der Waals surface area contributed by atoms with Gasteiger partial charge in [-0.05, 0) is 25.1 Å². The number of hydrogen-bond donors (Lipinski definition) is 1. The number of rotatable bonds is 6. The van der Waals surface area contributed by atoms with E-state index in [4.69, 9.17) is 4.74 Å². The van der Waals surface area contributed by atoms with E-state index in [2.05, 4.69) is 9.72 Å². The van der Waals surface area contributed by atoms with Crippen LogP contribution in [0.25, 0.3) is 17.1 Å². The molecule has 0 amide bonds. The van der Waals surface area contributed by atoms with E-state index in [1.54, 1.807) is 22.9 Å². The molecule has 0 unspecified atom stereocenters. The Morgan fingerprint density at radius 1 is 1.42 bits per heavy atom. The maximum Gasteiger partial charge on any atom is 0.387 e. The van der Waals surface area contributed by atoms with E-state index in [9.17, 15) is 18.7 Å². The van der Waals surface area contributed by atoms with Crippen LogP contribution in [0.1, 0.15) is 28.7 Å². The zero-order valence-corrected chi connectivity index (χ0v) is 14.4. The highest BCUT2D eigenvalue weighted by atomic mass is 32.1. The minimum absolute atomic E-state index is 0.215. The van der Waals surface area contributed by atoms with Crippen molar-refractivity contribution in [3.05, 3.63) is 46.7 Å². The Bertz CT molecular complexity index is 965. The van der Waals surface area contributed by atoms with Crippen molar-refractivity contribution >= 4 is 34.4 Å². The van der Waals surface area contributed by atoms with Crippen LogP contribution in [0.15, 0.2) is 29.8 Å². The Balaban J connectivity index is 1.98. The lowest BCUT2D eigenvalue weighted by Crippen LogP contribution is -2.08. The summed E-state index contributed by atoms with van der Waals surface area (Å²) < 4.78 is 35.7. The number of aromatic nitrogens is 2. The van der Waals surface area contributed by atoms with E-state index < -0.39 is 18.3 Å². The number of ether oxygens (including phenoxy) is 2. The first-order valence-electron chi connectivity index (χ1n) is 7.58. The quantitative estimate of drug-likeness (QED) is 0.653. The molecule has 0 radical (unpaired) electrons. The number of phenols is 1. The van der Waals surface area contributed by atoms with Crippen LogP contribution in [0.3, 0.4) is 0 Å². The maximum absolute atomic E-state index is 12.4. The fourth-order valence-corrected chi connectivity index (χ4v) is 3.08. The summed E-state index contributed by atoms with van der Waals surface area (Å²) in [7, 11) is 0. The van der Waals surface area contributed by atoms with E-state index in [1.807, 2.05) is 0 Å². The number of carbonyl (C=O) groups excluding carboxylic acids is 1. The molecule has 0 atom stereocenters. The summed E-state index contributed by atoms with van der Waals surface area (Å²) in [6.07, 6.45) is 4.67. The second kappa shape index (κ2) is 7.52. The van der Waals surface area contributed by atoms with Gasteiger partial charge in [-0.2, -0.15) is 8.78 Å². The number of halogens is 2. The highest BCUT2D eigenvalue weighted by Crippen LogP contribution is 2.32. The van der Waals surface area contributed by atoms with Gasteiger partial charge in [-0.3, -0.25) is 4.40 Å². The van der Waals surface area contributed by atoms with Crippen LogP contribution in [0.2, 0.25) is 0 Å². The summed E-state index contributed by atoms with van der Waals surface area (Å²) in [6, 6.07) is 4.22. The van der Waals surface area contributed by atoms with E-state index in [0.29, 0.717) is 10.7 Å². The van der Waals surface area contributed by atoms with E-state index >= 15 is 0 Å². The molecule has 3 aromatic rings. The standard InChI is InChI=1S/C17H14F2N2O4S/c1-2-24-15(23)13-11(20-17-21(13)8-9-26-17)7-6-10-4-3-5-12(14(10)22)25-16(18)19/h3-9,16,22H,2H2,1H3/b7-6+. The van der Waals surface area contributed by atoms with Gasteiger partial charge in [0.2, 0.25) is 0 Å². The van der Waals surface area contributed by atoms with Crippen molar-refractivity contribution < 1.29 is 28.2 Å². The Morgan fingerprint density at radius 3 is 2.96 bits per heavy atom. The van der Waals surface area contributed by atoms with Crippen LogP contribution in [0, 0.1) is 0 Å². The largest absolute Gasteiger partial charge is 0.504 e. The summed E-state index contributed by atoms with van der Waals surface area (Å²) >= 11 is 1.35. The van der Waals surface area contributed by atoms with Gasteiger partial charge in [0.15, 0.2) is 22.2 Å². The lowest BCUT2D eigenvalue weighted by atomic mass is 10.1. The first-order chi connectivity index (χ1) is 12.5.